The third-order valence-electron chi connectivity index (χ3n) is 4.11. The van der Waals surface area contributed by atoms with E-state index in [0.29, 0.717) is 11.6 Å². The summed E-state index contributed by atoms with van der Waals surface area (Å²) in [5, 5.41) is 2.78. The number of benzene rings is 2. The van der Waals surface area contributed by atoms with Gasteiger partial charge in [0.15, 0.2) is 17.5 Å². The van der Waals surface area contributed by atoms with Gasteiger partial charge in [0.2, 0.25) is 5.91 Å². The predicted molar refractivity (Wildman–Crippen MR) is 85.5 cm³/mol. The molecule has 1 aliphatic rings. The van der Waals surface area contributed by atoms with E-state index in [4.69, 9.17) is 5.73 Å². The first kappa shape index (κ1) is 17.0. The molecule has 25 heavy (non-hydrogen) atoms. The Balaban J connectivity index is 2.17. The van der Waals surface area contributed by atoms with Crippen molar-refractivity contribution in [1.29, 1.82) is 0 Å². The molecule has 0 unspecified atom stereocenters. The highest BCUT2D eigenvalue weighted by molar-refractivity contribution is 6.02. The van der Waals surface area contributed by atoms with Crippen molar-refractivity contribution in [3.63, 3.8) is 0 Å². The average Bonchev–Trinajstić information content (AvgIpc) is 3.37. The summed E-state index contributed by atoms with van der Waals surface area (Å²) in [4.78, 5) is 23.8. The van der Waals surface area contributed by atoms with Crippen LogP contribution in [0.1, 0.15) is 39.1 Å². The minimum absolute atomic E-state index is 0.105. The Morgan fingerprint density at radius 1 is 1.12 bits per heavy atom. The number of carbonyl (C=O) groups excluding carboxylic acids is 2. The number of primary amides is 1. The Hall–Kier alpha value is -2.83. The molecule has 0 atom stereocenters. The maximum atomic E-state index is 14.4. The fourth-order valence-corrected chi connectivity index (χ4v) is 2.58. The van der Waals surface area contributed by atoms with Crippen LogP contribution in [0.3, 0.4) is 0 Å². The SMILES string of the molecule is Cc1ccc(C(=O)NC2CC2)cc1-c1c(C(N)=O)cc(F)c(F)c1F. The molecule has 2 amide bonds. The number of aryl methyl sites for hydroxylation is 1. The van der Waals surface area contributed by atoms with Gasteiger partial charge in [0.05, 0.1) is 5.56 Å². The molecule has 2 aromatic carbocycles. The summed E-state index contributed by atoms with van der Waals surface area (Å²) in [7, 11) is 0. The van der Waals surface area contributed by atoms with E-state index in [2.05, 4.69) is 5.32 Å². The number of carbonyl (C=O) groups is 2. The summed E-state index contributed by atoms with van der Waals surface area (Å²) in [6, 6.07) is 5.11. The van der Waals surface area contributed by atoms with Crippen molar-refractivity contribution in [1.82, 2.24) is 5.32 Å². The van der Waals surface area contributed by atoms with Crippen LogP contribution in [0.2, 0.25) is 0 Å². The minimum atomic E-state index is -1.70. The molecule has 3 rings (SSSR count). The first-order valence-corrected chi connectivity index (χ1v) is 7.68. The minimum Gasteiger partial charge on any atom is -0.366 e. The number of amides is 2. The topological polar surface area (TPSA) is 72.2 Å². The van der Waals surface area contributed by atoms with Gasteiger partial charge in [0, 0.05) is 17.2 Å². The highest BCUT2D eigenvalue weighted by Gasteiger charge is 2.26. The van der Waals surface area contributed by atoms with Gasteiger partial charge >= 0.3 is 0 Å². The first-order valence-electron chi connectivity index (χ1n) is 7.68. The van der Waals surface area contributed by atoms with E-state index < -0.39 is 34.5 Å². The lowest BCUT2D eigenvalue weighted by Crippen LogP contribution is -2.25. The van der Waals surface area contributed by atoms with E-state index in [9.17, 15) is 22.8 Å². The highest BCUT2D eigenvalue weighted by atomic mass is 19.2. The fraction of sp³-hybridized carbons (Fsp3) is 0.222. The monoisotopic (exact) mass is 348 g/mol. The van der Waals surface area contributed by atoms with Crippen molar-refractivity contribution >= 4 is 11.8 Å². The van der Waals surface area contributed by atoms with Crippen LogP contribution in [0.4, 0.5) is 13.2 Å². The summed E-state index contributed by atoms with van der Waals surface area (Å²) in [5.74, 6) is -6.17. The largest absolute Gasteiger partial charge is 0.366 e. The van der Waals surface area contributed by atoms with Crippen molar-refractivity contribution in [2.45, 2.75) is 25.8 Å². The van der Waals surface area contributed by atoms with Gasteiger partial charge < -0.3 is 11.1 Å². The van der Waals surface area contributed by atoms with E-state index in [-0.39, 0.29) is 23.1 Å². The number of hydrogen-bond acceptors (Lipinski definition) is 2. The van der Waals surface area contributed by atoms with Crippen molar-refractivity contribution < 1.29 is 22.8 Å². The number of nitrogens with one attached hydrogen (secondary N) is 1. The average molecular weight is 348 g/mol. The molecule has 0 aromatic heterocycles. The molecule has 1 saturated carbocycles. The lowest BCUT2D eigenvalue weighted by molar-refractivity contribution is 0.0950. The van der Waals surface area contributed by atoms with Gasteiger partial charge in [0.1, 0.15) is 0 Å². The first-order chi connectivity index (χ1) is 11.8. The summed E-state index contributed by atoms with van der Waals surface area (Å²) in [6.07, 6.45) is 1.79. The normalized spacial score (nSPS) is 13.6. The van der Waals surface area contributed by atoms with Crippen LogP contribution in [0, 0.1) is 24.4 Å². The zero-order chi connectivity index (χ0) is 18.3. The van der Waals surface area contributed by atoms with Crippen molar-refractivity contribution in [2.75, 3.05) is 0 Å². The number of hydrogen-bond donors (Lipinski definition) is 2. The lowest BCUT2D eigenvalue weighted by Gasteiger charge is -2.14. The van der Waals surface area contributed by atoms with Crippen molar-refractivity contribution in [3.05, 3.63) is 58.4 Å². The van der Waals surface area contributed by atoms with Crippen LogP contribution in [0.15, 0.2) is 24.3 Å². The van der Waals surface area contributed by atoms with Crippen LogP contribution in [-0.4, -0.2) is 17.9 Å². The molecule has 7 heteroatoms. The van der Waals surface area contributed by atoms with Crippen LogP contribution in [0.5, 0.6) is 0 Å². The Morgan fingerprint density at radius 3 is 2.40 bits per heavy atom. The van der Waals surface area contributed by atoms with Gasteiger partial charge in [-0.2, -0.15) is 0 Å². The summed E-state index contributed by atoms with van der Waals surface area (Å²) >= 11 is 0. The summed E-state index contributed by atoms with van der Waals surface area (Å²) in [5.41, 5.74) is 5.06. The number of nitrogens with two attached hydrogens (primary N) is 1. The van der Waals surface area contributed by atoms with E-state index in [1.807, 2.05) is 0 Å². The Morgan fingerprint density at radius 2 is 1.80 bits per heavy atom. The lowest BCUT2D eigenvalue weighted by atomic mass is 9.93. The second kappa shape index (κ2) is 6.23. The standard InChI is InChI=1S/C18H15F3N2O2/c1-8-2-3-9(18(25)23-10-4-5-10)6-11(8)14-12(17(22)24)7-13(19)15(20)16(14)21/h2-3,6-7,10H,4-5H2,1H3,(H2,22,24)(H,23,25). The molecular weight excluding hydrogens is 333 g/mol. The number of rotatable bonds is 4. The molecule has 0 aliphatic heterocycles. The smallest absolute Gasteiger partial charge is 0.251 e. The summed E-state index contributed by atoms with van der Waals surface area (Å²) in [6.45, 7) is 1.60. The third-order valence-corrected chi connectivity index (χ3v) is 4.11. The van der Waals surface area contributed by atoms with Gasteiger partial charge in [-0.25, -0.2) is 13.2 Å². The van der Waals surface area contributed by atoms with Gasteiger partial charge in [-0.05, 0) is 49.1 Å². The Labute approximate surface area is 141 Å². The molecule has 0 spiro atoms. The quantitative estimate of drug-likeness (QED) is 0.834. The zero-order valence-electron chi connectivity index (χ0n) is 13.3. The van der Waals surface area contributed by atoms with Crippen LogP contribution < -0.4 is 11.1 Å². The van der Waals surface area contributed by atoms with Gasteiger partial charge in [0.25, 0.3) is 5.91 Å². The van der Waals surface area contributed by atoms with Crippen molar-refractivity contribution in [3.8, 4) is 11.1 Å². The predicted octanol–water partition coefficient (Wildman–Crippen LogP) is 3.07. The van der Waals surface area contributed by atoms with E-state index in [0.717, 1.165) is 12.8 Å². The van der Waals surface area contributed by atoms with Crippen LogP contribution in [-0.2, 0) is 0 Å². The van der Waals surface area contributed by atoms with Crippen molar-refractivity contribution in [2.24, 2.45) is 5.73 Å². The molecule has 0 heterocycles. The molecule has 1 aliphatic carbocycles. The van der Waals surface area contributed by atoms with Gasteiger partial charge in [-0.1, -0.05) is 6.07 Å². The molecule has 0 saturated heterocycles. The fourth-order valence-electron chi connectivity index (χ4n) is 2.58. The van der Waals surface area contributed by atoms with E-state index in [1.54, 1.807) is 13.0 Å². The molecule has 0 radical (unpaired) electrons. The van der Waals surface area contributed by atoms with Crippen LogP contribution >= 0.6 is 0 Å². The summed E-state index contributed by atoms with van der Waals surface area (Å²) < 4.78 is 41.6. The second-order valence-corrected chi connectivity index (χ2v) is 6.05. The molecule has 130 valence electrons. The molecule has 2 aromatic rings. The maximum absolute atomic E-state index is 14.4. The molecule has 1 fully saturated rings. The van der Waals surface area contributed by atoms with Crippen LogP contribution in [0.25, 0.3) is 11.1 Å². The van der Waals surface area contributed by atoms with Gasteiger partial charge in [-0.3, -0.25) is 9.59 Å². The maximum Gasteiger partial charge on any atom is 0.251 e. The Bertz CT molecular complexity index is 892. The van der Waals surface area contributed by atoms with E-state index in [1.165, 1.54) is 12.1 Å². The molecule has 0 bridgehead atoms. The highest BCUT2D eigenvalue weighted by Crippen LogP contribution is 2.33. The molecule has 4 nitrogen and oxygen atoms in total. The Kier molecular flexibility index (Phi) is 4.24. The second-order valence-electron chi connectivity index (χ2n) is 6.05. The number of halogens is 3. The zero-order valence-corrected chi connectivity index (χ0v) is 13.3. The third kappa shape index (κ3) is 3.22. The molecular formula is C18H15F3N2O2. The van der Waals surface area contributed by atoms with Gasteiger partial charge in [-0.15, -0.1) is 0 Å². The molecule has 3 N–H and O–H groups in total. The van der Waals surface area contributed by atoms with E-state index >= 15 is 0 Å².